The second-order valence-corrected chi connectivity index (χ2v) is 5.68. The van der Waals surface area contributed by atoms with Crippen molar-refractivity contribution in [2.24, 2.45) is 0 Å². The zero-order valence-corrected chi connectivity index (χ0v) is 13.5. The summed E-state index contributed by atoms with van der Waals surface area (Å²) in [6, 6.07) is 0.973. The van der Waals surface area contributed by atoms with Crippen LogP contribution in [-0.2, 0) is 0 Å². The lowest BCUT2D eigenvalue weighted by molar-refractivity contribution is 0.134. The molecule has 118 valence electrons. The van der Waals surface area contributed by atoms with Crippen LogP contribution in [0.3, 0.4) is 0 Å². The molecule has 0 amide bonds. The molecule has 2 N–H and O–H groups in total. The van der Waals surface area contributed by atoms with Crippen LogP contribution < -0.4 is 15.5 Å². The maximum absolute atomic E-state index is 5.51. The van der Waals surface area contributed by atoms with Crippen molar-refractivity contribution < 1.29 is 4.74 Å². The summed E-state index contributed by atoms with van der Waals surface area (Å²) in [5, 5.41) is 5.56. The Morgan fingerprint density at radius 3 is 2.52 bits per heavy atom. The Bertz CT molecular complexity index is 444. The van der Waals surface area contributed by atoms with Crippen LogP contribution in [0, 0.1) is 0 Å². The number of hydrogen-bond donors (Lipinski definition) is 2. The molecule has 6 heteroatoms. The van der Waals surface area contributed by atoms with Crippen LogP contribution in [-0.4, -0.2) is 40.7 Å². The van der Waals surface area contributed by atoms with Gasteiger partial charge in [-0.3, -0.25) is 5.43 Å². The highest BCUT2D eigenvalue weighted by molar-refractivity contribution is 5.63. The van der Waals surface area contributed by atoms with Gasteiger partial charge in [0.05, 0.1) is 7.11 Å². The molecule has 2 unspecified atom stereocenters. The fraction of sp³-hybridized carbons (Fsp3) is 0.733. The van der Waals surface area contributed by atoms with Gasteiger partial charge in [0.25, 0.3) is 0 Å². The summed E-state index contributed by atoms with van der Waals surface area (Å²) in [5.74, 6) is 2.15. The Kier molecular flexibility index (Phi) is 5.61. The molecule has 2 heterocycles. The quantitative estimate of drug-likeness (QED) is 0.841. The number of rotatable bonds is 6. The number of piperidine rings is 1. The summed E-state index contributed by atoms with van der Waals surface area (Å²) < 4.78 is 5.51. The lowest BCUT2D eigenvalue weighted by Crippen LogP contribution is -2.47. The van der Waals surface area contributed by atoms with Crippen molar-refractivity contribution in [1.82, 2.24) is 15.0 Å². The molecule has 2 rings (SSSR count). The fourth-order valence-electron chi connectivity index (χ4n) is 2.78. The van der Waals surface area contributed by atoms with Gasteiger partial charge in [-0.15, -0.1) is 0 Å². The minimum atomic E-state index is 0.487. The molecule has 6 nitrogen and oxygen atoms in total. The topological polar surface area (TPSA) is 62.3 Å². The maximum atomic E-state index is 5.51. The summed E-state index contributed by atoms with van der Waals surface area (Å²) in [6.07, 6.45) is 6.29. The molecule has 2 atom stereocenters. The van der Waals surface area contributed by atoms with Crippen molar-refractivity contribution >= 4 is 11.6 Å². The molecule has 21 heavy (non-hydrogen) atoms. The van der Waals surface area contributed by atoms with E-state index in [0.717, 1.165) is 24.6 Å². The van der Waals surface area contributed by atoms with E-state index in [2.05, 4.69) is 46.5 Å². The van der Waals surface area contributed by atoms with Crippen LogP contribution in [0.1, 0.15) is 46.5 Å². The third-order valence-electron chi connectivity index (χ3n) is 3.98. The van der Waals surface area contributed by atoms with Gasteiger partial charge >= 0.3 is 0 Å². The van der Waals surface area contributed by atoms with Crippen molar-refractivity contribution in [3.05, 3.63) is 6.33 Å². The molecule has 0 radical (unpaired) electrons. The molecule has 1 aromatic heterocycles. The van der Waals surface area contributed by atoms with Crippen molar-refractivity contribution in [2.75, 3.05) is 24.4 Å². The highest BCUT2D eigenvalue weighted by Gasteiger charge is 2.26. The van der Waals surface area contributed by atoms with E-state index < -0.39 is 0 Å². The number of hydrogen-bond acceptors (Lipinski definition) is 6. The van der Waals surface area contributed by atoms with Crippen LogP contribution in [0.5, 0.6) is 5.75 Å². The van der Waals surface area contributed by atoms with Gasteiger partial charge in [0.1, 0.15) is 6.33 Å². The van der Waals surface area contributed by atoms with Crippen molar-refractivity contribution in [3.8, 4) is 5.75 Å². The van der Waals surface area contributed by atoms with Gasteiger partial charge in [-0.1, -0.05) is 13.3 Å². The molecular formula is C15H27N5O. The van der Waals surface area contributed by atoms with E-state index in [9.17, 15) is 0 Å². The van der Waals surface area contributed by atoms with Crippen molar-refractivity contribution in [1.29, 1.82) is 0 Å². The summed E-state index contributed by atoms with van der Waals surface area (Å²) in [5.41, 5.74) is 3.43. The third-order valence-corrected chi connectivity index (χ3v) is 3.98. The molecule has 0 saturated carbocycles. The lowest BCUT2D eigenvalue weighted by Gasteiger charge is -2.39. The number of hydrazine groups is 1. The Hall–Kier alpha value is -1.56. The molecular weight excluding hydrogens is 266 g/mol. The number of nitrogens with zero attached hydrogens (tertiary/aromatic N) is 3. The van der Waals surface area contributed by atoms with E-state index in [0.29, 0.717) is 17.8 Å². The average molecular weight is 293 g/mol. The van der Waals surface area contributed by atoms with Gasteiger partial charge in [0.2, 0.25) is 5.75 Å². The van der Waals surface area contributed by atoms with Crippen LogP contribution in [0.4, 0.5) is 11.6 Å². The van der Waals surface area contributed by atoms with Crippen molar-refractivity contribution in [3.63, 3.8) is 0 Å². The van der Waals surface area contributed by atoms with Crippen molar-refractivity contribution in [2.45, 2.75) is 58.5 Å². The Balaban J connectivity index is 2.18. The minimum Gasteiger partial charge on any atom is -0.490 e. The summed E-state index contributed by atoms with van der Waals surface area (Å²) in [6.45, 7) is 7.47. The average Bonchev–Trinajstić information content (AvgIpc) is 2.49. The Morgan fingerprint density at radius 1 is 1.24 bits per heavy atom. The lowest BCUT2D eigenvalue weighted by atomic mass is 10.00. The summed E-state index contributed by atoms with van der Waals surface area (Å²) >= 11 is 0. The van der Waals surface area contributed by atoms with E-state index >= 15 is 0 Å². The highest BCUT2D eigenvalue weighted by Crippen LogP contribution is 2.31. The third kappa shape index (κ3) is 3.75. The van der Waals surface area contributed by atoms with Crippen LogP contribution >= 0.6 is 0 Å². The van der Waals surface area contributed by atoms with Gasteiger partial charge in [0, 0.05) is 18.6 Å². The van der Waals surface area contributed by atoms with Crippen LogP contribution in [0.25, 0.3) is 0 Å². The molecule has 1 fully saturated rings. The predicted molar refractivity (Wildman–Crippen MR) is 85.6 cm³/mol. The van der Waals surface area contributed by atoms with Crippen LogP contribution in [0.2, 0.25) is 0 Å². The van der Waals surface area contributed by atoms with Gasteiger partial charge in [-0.25, -0.2) is 15.0 Å². The number of ether oxygens (including phenoxy) is 1. The second-order valence-electron chi connectivity index (χ2n) is 5.68. The fourth-order valence-corrected chi connectivity index (χ4v) is 2.78. The zero-order chi connectivity index (χ0) is 15.2. The molecule has 0 aliphatic carbocycles. The standard InChI is InChI=1S/C15H27N5O/c1-5-9-16-14-13(21-4)15(18-10-17-14)19-20-11(2)7-6-8-12(20)3/h10-12H,5-9H2,1-4H3,(H2,16,17,18,19). The molecule has 1 aliphatic rings. The molecule has 1 aliphatic heterocycles. The zero-order valence-electron chi connectivity index (χ0n) is 13.5. The Morgan fingerprint density at radius 2 is 1.90 bits per heavy atom. The van der Waals surface area contributed by atoms with E-state index in [4.69, 9.17) is 4.74 Å². The molecule has 0 aromatic carbocycles. The SMILES string of the molecule is CCCNc1ncnc(NN2C(C)CCCC2C)c1OC. The predicted octanol–water partition coefficient (Wildman–Crippen LogP) is 2.90. The highest BCUT2D eigenvalue weighted by atomic mass is 16.5. The summed E-state index contributed by atoms with van der Waals surface area (Å²) in [4.78, 5) is 8.63. The number of aromatic nitrogens is 2. The van der Waals surface area contributed by atoms with E-state index in [1.165, 1.54) is 19.3 Å². The number of nitrogens with one attached hydrogen (secondary N) is 2. The monoisotopic (exact) mass is 293 g/mol. The second kappa shape index (κ2) is 7.45. The van der Waals surface area contributed by atoms with E-state index in [1.54, 1.807) is 13.4 Å². The first-order chi connectivity index (χ1) is 10.2. The number of methoxy groups -OCH3 is 1. The van der Waals surface area contributed by atoms with Gasteiger partial charge in [-0.2, -0.15) is 0 Å². The molecule has 0 spiro atoms. The van der Waals surface area contributed by atoms with Gasteiger partial charge < -0.3 is 10.1 Å². The van der Waals surface area contributed by atoms with Crippen LogP contribution in [0.15, 0.2) is 6.33 Å². The van der Waals surface area contributed by atoms with E-state index in [-0.39, 0.29) is 0 Å². The maximum Gasteiger partial charge on any atom is 0.205 e. The molecule has 1 aromatic rings. The van der Waals surface area contributed by atoms with E-state index in [1.807, 2.05) is 0 Å². The largest absolute Gasteiger partial charge is 0.490 e. The first kappa shape index (κ1) is 15.8. The first-order valence-electron chi connectivity index (χ1n) is 7.85. The first-order valence-corrected chi connectivity index (χ1v) is 7.85. The Labute approximate surface area is 127 Å². The van der Waals surface area contributed by atoms with Gasteiger partial charge in [0.15, 0.2) is 11.6 Å². The smallest absolute Gasteiger partial charge is 0.205 e. The summed E-state index contributed by atoms with van der Waals surface area (Å²) in [7, 11) is 1.66. The molecule has 0 bridgehead atoms. The van der Waals surface area contributed by atoms with Gasteiger partial charge in [-0.05, 0) is 33.1 Å². The minimum absolute atomic E-state index is 0.487. The normalized spacial score (nSPS) is 22.9. The number of anilines is 2. The molecule has 1 saturated heterocycles.